The highest BCUT2D eigenvalue weighted by atomic mass is 19.1. The maximum atomic E-state index is 13.3. The van der Waals surface area contributed by atoms with Crippen molar-refractivity contribution >= 4 is 11.7 Å². The van der Waals surface area contributed by atoms with E-state index in [2.05, 4.69) is 4.74 Å². The number of benzene rings is 1. The molecule has 0 fully saturated rings. The number of halogens is 2. The van der Waals surface area contributed by atoms with Gasteiger partial charge in [0.25, 0.3) is 0 Å². The van der Waals surface area contributed by atoms with E-state index in [0.717, 1.165) is 0 Å². The van der Waals surface area contributed by atoms with Crippen LogP contribution in [0.1, 0.15) is 12.5 Å². The molecule has 0 N–H and O–H groups in total. The summed E-state index contributed by atoms with van der Waals surface area (Å²) in [6.45, 7) is 1.70. The number of esters is 1. The van der Waals surface area contributed by atoms with Crippen LogP contribution in [0, 0.1) is 21.7 Å². The zero-order chi connectivity index (χ0) is 13.0. The molecule has 0 aromatic heterocycles. The molecule has 0 aliphatic carbocycles. The van der Waals surface area contributed by atoms with Crippen LogP contribution in [0.3, 0.4) is 0 Å². The molecule has 0 aliphatic rings. The van der Waals surface area contributed by atoms with E-state index in [1.807, 2.05) is 0 Å². The van der Waals surface area contributed by atoms with Gasteiger partial charge in [-0.3, -0.25) is 14.9 Å². The molecule has 1 rings (SSSR count). The van der Waals surface area contributed by atoms with Gasteiger partial charge in [-0.15, -0.1) is 0 Å². The number of carbonyl (C=O) groups is 1. The van der Waals surface area contributed by atoms with Gasteiger partial charge in [0.2, 0.25) is 5.82 Å². The minimum atomic E-state index is -1.18. The predicted octanol–water partition coefficient (Wildman–Crippen LogP) is 1.98. The van der Waals surface area contributed by atoms with Crippen molar-refractivity contribution in [2.45, 2.75) is 13.3 Å². The average Bonchev–Trinajstić information content (AvgIpc) is 2.22. The smallest absolute Gasteiger partial charge is 0.310 e. The highest BCUT2D eigenvalue weighted by Gasteiger charge is 2.19. The lowest BCUT2D eigenvalue weighted by Crippen LogP contribution is -2.09. The van der Waals surface area contributed by atoms with Crippen LogP contribution in [0.2, 0.25) is 0 Å². The first kappa shape index (κ1) is 13.0. The summed E-state index contributed by atoms with van der Waals surface area (Å²) in [6.07, 6.45) is -0.464. The van der Waals surface area contributed by atoms with Crippen LogP contribution in [0.25, 0.3) is 0 Å². The Morgan fingerprint density at radius 1 is 1.41 bits per heavy atom. The molecular formula is C10H9F2NO4. The lowest BCUT2D eigenvalue weighted by atomic mass is 10.1. The van der Waals surface area contributed by atoms with Crippen molar-refractivity contribution < 1.29 is 23.2 Å². The highest BCUT2D eigenvalue weighted by Crippen LogP contribution is 2.21. The van der Waals surface area contributed by atoms with Gasteiger partial charge in [-0.25, -0.2) is 4.39 Å². The van der Waals surface area contributed by atoms with Gasteiger partial charge in [0.1, 0.15) is 5.82 Å². The first-order valence-electron chi connectivity index (χ1n) is 4.73. The molecule has 0 radical (unpaired) electrons. The van der Waals surface area contributed by atoms with E-state index < -0.39 is 34.6 Å². The number of ether oxygens (including phenoxy) is 1. The average molecular weight is 245 g/mol. The van der Waals surface area contributed by atoms with E-state index in [9.17, 15) is 23.7 Å². The second-order valence-corrected chi connectivity index (χ2v) is 3.13. The third kappa shape index (κ3) is 3.20. The molecule has 0 aliphatic heterocycles. The van der Waals surface area contributed by atoms with E-state index in [1.165, 1.54) is 0 Å². The Hall–Kier alpha value is -2.05. The Morgan fingerprint density at radius 3 is 2.59 bits per heavy atom. The maximum Gasteiger partial charge on any atom is 0.310 e. The largest absolute Gasteiger partial charge is 0.466 e. The van der Waals surface area contributed by atoms with Gasteiger partial charge in [-0.05, 0) is 13.0 Å². The summed E-state index contributed by atoms with van der Waals surface area (Å²) in [4.78, 5) is 20.3. The van der Waals surface area contributed by atoms with Crippen LogP contribution in [-0.2, 0) is 16.0 Å². The fourth-order valence-corrected chi connectivity index (χ4v) is 1.22. The van der Waals surface area contributed by atoms with Gasteiger partial charge in [0.15, 0.2) is 0 Å². The van der Waals surface area contributed by atoms with Crippen molar-refractivity contribution in [1.82, 2.24) is 0 Å². The van der Waals surface area contributed by atoms with Crippen molar-refractivity contribution in [2.24, 2.45) is 0 Å². The molecule has 0 heterocycles. The molecule has 0 saturated carbocycles. The zero-order valence-corrected chi connectivity index (χ0v) is 8.91. The Morgan fingerprint density at radius 2 is 2.06 bits per heavy atom. The summed E-state index contributed by atoms with van der Waals surface area (Å²) in [6, 6.07) is 1.08. The van der Waals surface area contributed by atoms with Gasteiger partial charge in [-0.1, -0.05) is 0 Å². The van der Waals surface area contributed by atoms with Crippen molar-refractivity contribution in [1.29, 1.82) is 0 Å². The van der Waals surface area contributed by atoms with Crippen molar-refractivity contribution in [2.75, 3.05) is 6.61 Å². The number of nitro groups is 1. The zero-order valence-electron chi connectivity index (χ0n) is 8.91. The number of hydrogen-bond donors (Lipinski definition) is 0. The summed E-state index contributed by atoms with van der Waals surface area (Å²) in [5.74, 6) is -2.92. The number of nitrogens with zero attached hydrogens (tertiary/aromatic N) is 1. The van der Waals surface area contributed by atoms with E-state index in [0.29, 0.717) is 12.1 Å². The number of carbonyl (C=O) groups excluding carboxylic acids is 1. The molecule has 0 amide bonds. The number of rotatable bonds is 4. The summed E-state index contributed by atoms with van der Waals surface area (Å²) in [5, 5.41) is 10.3. The molecular weight excluding hydrogens is 236 g/mol. The Balaban J connectivity index is 2.99. The molecule has 1 aromatic carbocycles. The maximum absolute atomic E-state index is 13.3. The van der Waals surface area contributed by atoms with E-state index in [1.54, 1.807) is 6.92 Å². The van der Waals surface area contributed by atoms with Crippen LogP contribution in [0.15, 0.2) is 12.1 Å². The molecule has 0 spiro atoms. The van der Waals surface area contributed by atoms with Crippen LogP contribution in [0.4, 0.5) is 14.5 Å². The minimum Gasteiger partial charge on any atom is -0.466 e. The summed E-state index contributed by atoms with van der Waals surface area (Å²) in [5.41, 5.74) is -1.23. The topological polar surface area (TPSA) is 69.4 Å². The van der Waals surface area contributed by atoms with E-state index >= 15 is 0 Å². The van der Waals surface area contributed by atoms with Crippen molar-refractivity contribution in [3.05, 3.63) is 39.4 Å². The van der Waals surface area contributed by atoms with Crippen LogP contribution in [-0.4, -0.2) is 17.5 Å². The fourth-order valence-electron chi connectivity index (χ4n) is 1.22. The van der Waals surface area contributed by atoms with Gasteiger partial charge in [0.05, 0.1) is 24.0 Å². The van der Waals surface area contributed by atoms with Crippen molar-refractivity contribution in [3.63, 3.8) is 0 Å². The lowest BCUT2D eigenvalue weighted by molar-refractivity contribution is -0.387. The normalized spacial score (nSPS) is 10.1. The second-order valence-electron chi connectivity index (χ2n) is 3.13. The van der Waals surface area contributed by atoms with Gasteiger partial charge in [0, 0.05) is 5.56 Å². The quantitative estimate of drug-likeness (QED) is 0.462. The molecule has 5 nitrogen and oxygen atoms in total. The summed E-state index contributed by atoms with van der Waals surface area (Å²) in [7, 11) is 0. The molecule has 17 heavy (non-hydrogen) atoms. The first-order chi connectivity index (χ1) is 7.95. The minimum absolute atomic E-state index is 0.121. The van der Waals surface area contributed by atoms with E-state index in [4.69, 9.17) is 0 Å². The first-order valence-corrected chi connectivity index (χ1v) is 4.73. The third-order valence-corrected chi connectivity index (χ3v) is 1.95. The molecule has 92 valence electrons. The van der Waals surface area contributed by atoms with Gasteiger partial charge >= 0.3 is 11.7 Å². The molecule has 0 atom stereocenters. The Kier molecular flexibility index (Phi) is 4.08. The summed E-state index contributed by atoms with van der Waals surface area (Å²) < 4.78 is 31.0. The van der Waals surface area contributed by atoms with Crippen LogP contribution >= 0.6 is 0 Å². The highest BCUT2D eigenvalue weighted by molar-refractivity contribution is 5.72. The van der Waals surface area contributed by atoms with Gasteiger partial charge in [-0.2, -0.15) is 4.39 Å². The van der Waals surface area contributed by atoms with Crippen molar-refractivity contribution in [3.8, 4) is 0 Å². The Labute approximate surface area is 95.2 Å². The molecule has 0 saturated heterocycles. The standard InChI is InChI=1S/C10H9F2NO4/c1-2-17-10(14)4-6-3-8(12)9(13(15)16)5-7(6)11/h3,5H,2,4H2,1H3. The predicted molar refractivity (Wildman–Crippen MR) is 53.3 cm³/mol. The monoisotopic (exact) mass is 245 g/mol. The third-order valence-electron chi connectivity index (χ3n) is 1.95. The Bertz CT molecular complexity index is 462. The molecule has 1 aromatic rings. The number of nitro benzene ring substituents is 1. The lowest BCUT2D eigenvalue weighted by Gasteiger charge is -2.04. The molecule has 7 heteroatoms. The van der Waals surface area contributed by atoms with Crippen LogP contribution < -0.4 is 0 Å². The molecule has 0 bridgehead atoms. The van der Waals surface area contributed by atoms with Gasteiger partial charge < -0.3 is 4.74 Å². The van der Waals surface area contributed by atoms with E-state index in [-0.39, 0.29) is 12.2 Å². The second kappa shape index (κ2) is 5.33. The fraction of sp³-hybridized carbons (Fsp3) is 0.300. The van der Waals surface area contributed by atoms with Crippen LogP contribution in [0.5, 0.6) is 0 Å². The number of hydrogen-bond acceptors (Lipinski definition) is 4. The molecule has 0 unspecified atom stereocenters. The summed E-state index contributed by atoms with van der Waals surface area (Å²) >= 11 is 0. The SMILES string of the molecule is CCOC(=O)Cc1cc(F)c([N+](=O)[O-])cc1F.